The van der Waals surface area contributed by atoms with Crippen molar-refractivity contribution in [1.82, 2.24) is 5.48 Å². The number of hydroxylamine groups is 1. The predicted molar refractivity (Wildman–Crippen MR) is 113 cm³/mol. The molecule has 2 N–H and O–H groups in total. The van der Waals surface area contributed by atoms with Gasteiger partial charge >= 0.3 is 0 Å². The summed E-state index contributed by atoms with van der Waals surface area (Å²) in [6, 6.07) is 23.2. The van der Waals surface area contributed by atoms with E-state index in [1.54, 1.807) is 48.5 Å². The van der Waals surface area contributed by atoms with Crippen molar-refractivity contribution in [3.05, 3.63) is 90.5 Å². The van der Waals surface area contributed by atoms with E-state index in [0.29, 0.717) is 11.3 Å². The second kappa shape index (κ2) is 8.72. The first kappa shape index (κ1) is 20.3. The third kappa shape index (κ3) is 4.71. The number of nitrogens with one attached hydrogen (secondary N) is 1. The molecule has 1 amide bonds. The van der Waals surface area contributed by atoms with Gasteiger partial charge in [0.25, 0.3) is 15.9 Å². The number of rotatable bonds is 6. The van der Waals surface area contributed by atoms with Gasteiger partial charge in [-0.2, -0.15) is 0 Å². The number of anilines is 1. The molecule has 0 saturated carbocycles. The van der Waals surface area contributed by atoms with Crippen LogP contribution >= 0.6 is 0 Å². The van der Waals surface area contributed by atoms with Gasteiger partial charge in [-0.15, -0.1) is 0 Å². The van der Waals surface area contributed by atoms with Gasteiger partial charge in [-0.25, -0.2) is 13.9 Å². The Hall–Kier alpha value is -3.42. The molecule has 0 heterocycles. The van der Waals surface area contributed by atoms with E-state index in [0.717, 1.165) is 17.2 Å². The van der Waals surface area contributed by atoms with Gasteiger partial charge in [0, 0.05) is 13.1 Å². The highest BCUT2D eigenvalue weighted by molar-refractivity contribution is 7.92. The lowest BCUT2D eigenvalue weighted by atomic mass is 10.1. The first-order valence-electron chi connectivity index (χ1n) is 8.78. The van der Waals surface area contributed by atoms with E-state index in [-0.39, 0.29) is 4.90 Å². The molecule has 0 atom stereocenters. The van der Waals surface area contributed by atoms with Crippen molar-refractivity contribution in [1.29, 1.82) is 0 Å². The SMILES string of the molecule is CN(c1cccc(/C=C/C(=O)NO)c1)S(=O)(=O)c1ccc(-c2ccccc2)cc1. The molecule has 148 valence electrons. The van der Waals surface area contributed by atoms with Crippen LogP contribution in [0.4, 0.5) is 5.69 Å². The Morgan fingerprint density at radius 3 is 2.24 bits per heavy atom. The molecule has 3 aromatic rings. The molecule has 0 unspecified atom stereocenters. The number of carbonyl (C=O) groups is 1. The second-order valence-corrected chi connectivity index (χ2v) is 8.24. The Morgan fingerprint density at radius 2 is 1.59 bits per heavy atom. The fourth-order valence-corrected chi connectivity index (χ4v) is 3.97. The average Bonchev–Trinajstić information content (AvgIpc) is 2.77. The van der Waals surface area contributed by atoms with Crippen molar-refractivity contribution in [2.75, 3.05) is 11.4 Å². The van der Waals surface area contributed by atoms with Crippen LogP contribution in [0, 0.1) is 0 Å². The van der Waals surface area contributed by atoms with Crippen LogP contribution in [0.3, 0.4) is 0 Å². The Morgan fingerprint density at radius 1 is 0.931 bits per heavy atom. The van der Waals surface area contributed by atoms with Gasteiger partial charge in [-0.3, -0.25) is 14.3 Å². The molecule has 0 aliphatic carbocycles. The topological polar surface area (TPSA) is 86.7 Å². The zero-order valence-corrected chi connectivity index (χ0v) is 16.5. The molecule has 29 heavy (non-hydrogen) atoms. The molecule has 0 bridgehead atoms. The highest BCUT2D eigenvalue weighted by atomic mass is 32.2. The normalized spacial score (nSPS) is 11.4. The summed E-state index contributed by atoms with van der Waals surface area (Å²) in [5, 5.41) is 8.54. The molecule has 7 heteroatoms. The summed E-state index contributed by atoms with van der Waals surface area (Å²) in [6.45, 7) is 0. The van der Waals surface area contributed by atoms with Gasteiger partial charge in [-0.1, -0.05) is 54.6 Å². The molecule has 0 aromatic heterocycles. The van der Waals surface area contributed by atoms with E-state index >= 15 is 0 Å². The number of benzene rings is 3. The van der Waals surface area contributed by atoms with Crippen molar-refractivity contribution in [2.45, 2.75) is 4.90 Å². The van der Waals surface area contributed by atoms with E-state index in [1.807, 2.05) is 30.3 Å². The van der Waals surface area contributed by atoms with Gasteiger partial charge in [0.15, 0.2) is 0 Å². The van der Waals surface area contributed by atoms with Gasteiger partial charge in [0.05, 0.1) is 10.6 Å². The Bertz CT molecular complexity index is 1120. The largest absolute Gasteiger partial charge is 0.288 e. The Kier molecular flexibility index (Phi) is 6.11. The quantitative estimate of drug-likeness (QED) is 0.370. The van der Waals surface area contributed by atoms with Crippen LogP contribution in [0.2, 0.25) is 0 Å². The van der Waals surface area contributed by atoms with Crippen LogP contribution in [-0.4, -0.2) is 26.6 Å². The molecule has 3 aromatic carbocycles. The predicted octanol–water partition coefficient (Wildman–Crippen LogP) is 3.70. The van der Waals surface area contributed by atoms with Gasteiger partial charge < -0.3 is 0 Å². The van der Waals surface area contributed by atoms with Crippen LogP contribution in [0.15, 0.2) is 89.8 Å². The van der Waals surface area contributed by atoms with Crippen molar-refractivity contribution in [3.63, 3.8) is 0 Å². The summed E-state index contributed by atoms with van der Waals surface area (Å²) >= 11 is 0. The number of sulfonamides is 1. The monoisotopic (exact) mass is 408 g/mol. The lowest BCUT2D eigenvalue weighted by Gasteiger charge is -2.20. The lowest BCUT2D eigenvalue weighted by Crippen LogP contribution is -2.26. The van der Waals surface area contributed by atoms with E-state index in [2.05, 4.69) is 0 Å². The Labute approximate surface area is 169 Å². The molecule has 0 aliphatic rings. The molecule has 3 rings (SSSR count). The van der Waals surface area contributed by atoms with Crippen molar-refractivity contribution >= 4 is 27.7 Å². The zero-order valence-electron chi connectivity index (χ0n) is 15.7. The molecule has 0 fully saturated rings. The smallest absolute Gasteiger partial charge is 0.267 e. The average molecular weight is 408 g/mol. The minimum Gasteiger partial charge on any atom is -0.288 e. The van der Waals surface area contributed by atoms with E-state index < -0.39 is 15.9 Å². The number of amides is 1. The van der Waals surface area contributed by atoms with Crippen LogP contribution in [-0.2, 0) is 14.8 Å². The van der Waals surface area contributed by atoms with E-state index in [9.17, 15) is 13.2 Å². The van der Waals surface area contributed by atoms with Gasteiger partial charge in [-0.05, 0) is 47.0 Å². The van der Waals surface area contributed by atoms with Crippen molar-refractivity contribution < 1.29 is 18.4 Å². The summed E-state index contributed by atoms with van der Waals surface area (Å²) in [5.41, 5.74) is 4.51. The van der Waals surface area contributed by atoms with Crippen LogP contribution in [0.25, 0.3) is 17.2 Å². The zero-order chi connectivity index (χ0) is 20.9. The standard InChI is InChI=1S/C22H20N2O4S/c1-24(20-9-5-6-17(16-20)10-15-22(25)23-26)29(27,28)21-13-11-19(12-14-21)18-7-3-2-4-8-18/h2-16,26H,1H3,(H,23,25)/b15-10+. The fourth-order valence-electron chi connectivity index (χ4n) is 2.78. The van der Waals surface area contributed by atoms with Crippen LogP contribution < -0.4 is 9.79 Å². The first-order valence-corrected chi connectivity index (χ1v) is 10.2. The van der Waals surface area contributed by atoms with Crippen molar-refractivity contribution in [2.24, 2.45) is 0 Å². The molecule has 0 saturated heterocycles. The van der Waals surface area contributed by atoms with E-state index in [1.165, 1.54) is 22.9 Å². The molecule has 6 nitrogen and oxygen atoms in total. The minimum absolute atomic E-state index is 0.181. The van der Waals surface area contributed by atoms with E-state index in [4.69, 9.17) is 5.21 Å². The maximum Gasteiger partial charge on any atom is 0.267 e. The first-order chi connectivity index (χ1) is 13.9. The fraction of sp³-hybridized carbons (Fsp3) is 0.0455. The second-order valence-electron chi connectivity index (χ2n) is 6.27. The van der Waals surface area contributed by atoms with Gasteiger partial charge in [0.2, 0.25) is 0 Å². The number of carbonyl (C=O) groups excluding carboxylic acids is 1. The molecular formula is C22H20N2O4S. The number of hydrogen-bond donors (Lipinski definition) is 2. The summed E-state index contributed by atoms with van der Waals surface area (Å²) in [5.74, 6) is -0.671. The van der Waals surface area contributed by atoms with Gasteiger partial charge in [0.1, 0.15) is 0 Å². The number of nitrogens with zero attached hydrogens (tertiary/aromatic N) is 1. The number of hydrogen-bond acceptors (Lipinski definition) is 4. The highest BCUT2D eigenvalue weighted by Crippen LogP contribution is 2.26. The molecule has 0 spiro atoms. The molecular weight excluding hydrogens is 388 g/mol. The minimum atomic E-state index is -3.75. The molecule has 0 radical (unpaired) electrons. The summed E-state index contributed by atoms with van der Waals surface area (Å²) in [4.78, 5) is 11.3. The maximum absolute atomic E-state index is 13.0. The summed E-state index contributed by atoms with van der Waals surface area (Å²) in [7, 11) is -2.28. The van der Waals surface area contributed by atoms with Crippen LogP contribution in [0.1, 0.15) is 5.56 Å². The third-order valence-electron chi connectivity index (χ3n) is 4.39. The van der Waals surface area contributed by atoms with Crippen LogP contribution in [0.5, 0.6) is 0 Å². The summed E-state index contributed by atoms with van der Waals surface area (Å²) in [6.07, 6.45) is 2.63. The summed E-state index contributed by atoms with van der Waals surface area (Å²) < 4.78 is 27.2. The maximum atomic E-state index is 13.0. The van der Waals surface area contributed by atoms with Crippen molar-refractivity contribution in [3.8, 4) is 11.1 Å². The Balaban J connectivity index is 1.86. The lowest BCUT2D eigenvalue weighted by molar-refractivity contribution is -0.124. The third-order valence-corrected chi connectivity index (χ3v) is 6.19. The molecule has 0 aliphatic heterocycles. The highest BCUT2D eigenvalue weighted by Gasteiger charge is 2.21.